The molecule has 48 heavy (non-hydrogen) atoms. The maximum atomic E-state index is 2.42. The van der Waals surface area contributed by atoms with E-state index in [1.807, 2.05) is 0 Å². The van der Waals surface area contributed by atoms with Crippen LogP contribution in [0.3, 0.4) is 0 Å². The number of allylic oxidation sites excluding steroid dienone is 5. The molecule has 0 aliphatic heterocycles. The lowest BCUT2D eigenvalue weighted by molar-refractivity contribution is -0.699. The van der Waals surface area contributed by atoms with Crippen LogP contribution in [0.2, 0.25) is 0 Å². The Hall–Kier alpha value is -3.02. The van der Waals surface area contributed by atoms with E-state index in [2.05, 4.69) is 173 Å². The van der Waals surface area contributed by atoms with Gasteiger partial charge in [0.25, 0.3) is 0 Å². The first-order valence-electron chi connectivity index (χ1n) is 18.2. The molecule has 1 aliphatic carbocycles. The molecular formula is C43H59N3S2+2. The molecule has 0 atom stereocenters. The zero-order chi connectivity index (χ0) is 33.8. The van der Waals surface area contributed by atoms with E-state index < -0.39 is 0 Å². The first kappa shape index (κ1) is 37.8. The largest absolute Gasteiger partial charge is 0.378 e. The number of anilines is 1. The van der Waals surface area contributed by atoms with Crippen molar-refractivity contribution in [2.45, 2.75) is 91.1 Å². The van der Waals surface area contributed by atoms with E-state index in [4.69, 9.17) is 0 Å². The highest BCUT2D eigenvalue weighted by molar-refractivity contribution is 8.76. The Labute approximate surface area is 300 Å². The van der Waals surface area contributed by atoms with Gasteiger partial charge >= 0.3 is 0 Å². The molecule has 1 aromatic carbocycles. The molecule has 0 radical (unpaired) electrons. The van der Waals surface area contributed by atoms with Crippen molar-refractivity contribution >= 4 is 45.5 Å². The van der Waals surface area contributed by atoms with Crippen LogP contribution >= 0.6 is 21.6 Å². The van der Waals surface area contributed by atoms with E-state index in [9.17, 15) is 0 Å². The Bertz CT molecular complexity index is 1480. The summed E-state index contributed by atoms with van der Waals surface area (Å²) in [5.41, 5.74) is 8.05. The number of hydrogen-bond donors (Lipinski definition) is 0. The lowest BCUT2D eigenvalue weighted by atomic mass is 9.91. The van der Waals surface area contributed by atoms with Gasteiger partial charge in [-0.25, -0.2) is 0 Å². The van der Waals surface area contributed by atoms with Crippen LogP contribution in [-0.4, -0.2) is 25.6 Å². The summed E-state index contributed by atoms with van der Waals surface area (Å²) in [7, 11) is 8.31. The fourth-order valence-corrected chi connectivity index (χ4v) is 8.24. The standard InChI is InChI=1S/C43H59N3S2/c1-37(2)40-25-19-38(20-26-40)23-29-42-17-9-13-33-45(42)31-11-5-7-15-35-47-48-36-16-8-6-12-32-46-34-14-10-18-43(46)30-24-39-21-27-41(28-22-39)44(3)4/h9-10,13-14,17-19,21-25,27-30,33-34,37H,5-8,11-12,15-16,20,26,31-32,35-36H2,1-4H3/q+2/b29-23+. The van der Waals surface area contributed by atoms with Crippen LogP contribution in [0.15, 0.2) is 102 Å². The van der Waals surface area contributed by atoms with Gasteiger partial charge in [-0.1, -0.05) is 84.2 Å². The number of pyridine rings is 2. The molecular weight excluding hydrogens is 623 g/mol. The molecule has 3 nitrogen and oxygen atoms in total. The zero-order valence-corrected chi connectivity index (χ0v) is 31.7. The van der Waals surface area contributed by atoms with Crippen molar-refractivity contribution < 1.29 is 9.13 Å². The number of hydrogen-bond acceptors (Lipinski definition) is 3. The molecule has 0 amide bonds. The van der Waals surface area contributed by atoms with Crippen molar-refractivity contribution in [3.63, 3.8) is 0 Å². The molecule has 0 unspecified atom stereocenters. The molecule has 2 heterocycles. The summed E-state index contributed by atoms with van der Waals surface area (Å²) < 4.78 is 4.81. The summed E-state index contributed by atoms with van der Waals surface area (Å²) in [5.74, 6) is 3.21. The molecule has 5 heteroatoms. The van der Waals surface area contributed by atoms with Gasteiger partial charge in [0, 0.05) is 80.5 Å². The van der Waals surface area contributed by atoms with Gasteiger partial charge in [-0.05, 0) is 85.9 Å². The Kier molecular flexibility index (Phi) is 17.2. The number of benzene rings is 1. The highest BCUT2D eigenvalue weighted by Crippen LogP contribution is 2.26. The van der Waals surface area contributed by atoms with E-state index in [1.54, 1.807) is 5.57 Å². The molecule has 0 saturated heterocycles. The maximum absolute atomic E-state index is 2.42. The van der Waals surface area contributed by atoms with Crippen LogP contribution in [0.1, 0.15) is 95.0 Å². The highest BCUT2D eigenvalue weighted by Gasteiger charge is 2.10. The summed E-state index contributed by atoms with van der Waals surface area (Å²) in [6.45, 7) is 6.77. The lowest BCUT2D eigenvalue weighted by Gasteiger charge is -2.15. The monoisotopic (exact) mass is 681 g/mol. The molecule has 4 rings (SSSR count). The van der Waals surface area contributed by atoms with Gasteiger partial charge < -0.3 is 4.90 Å². The van der Waals surface area contributed by atoms with Crippen LogP contribution in [0, 0.1) is 5.92 Å². The van der Waals surface area contributed by atoms with Gasteiger partial charge in [0.15, 0.2) is 12.4 Å². The van der Waals surface area contributed by atoms with Gasteiger partial charge in [-0.15, -0.1) is 0 Å². The van der Waals surface area contributed by atoms with Crippen molar-refractivity contribution in [3.05, 3.63) is 119 Å². The normalized spacial score (nSPS) is 13.4. The van der Waals surface area contributed by atoms with Gasteiger partial charge in [-0.3, -0.25) is 0 Å². The molecule has 256 valence electrons. The third kappa shape index (κ3) is 13.8. The Morgan fingerprint density at radius 3 is 1.71 bits per heavy atom. The number of unbranched alkanes of at least 4 members (excludes halogenated alkanes) is 6. The Balaban J connectivity index is 1.01. The molecule has 0 spiro atoms. The summed E-state index contributed by atoms with van der Waals surface area (Å²) >= 11 is 0. The second-order valence-electron chi connectivity index (χ2n) is 13.4. The van der Waals surface area contributed by atoms with Crippen molar-refractivity contribution in [3.8, 4) is 0 Å². The van der Waals surface area contributed by atoms with Crippen LogP contribution in [0.25, 0.3) is 18.2 Å². The minimum absolute atomic E-state index is 0.660. The molecule has 0 N–H and O–H groups in total. The van der Waals surface area contributed by atoms with E-state index >= 15 is 0 Å². The van der Waals surface area contributed by atoms with Crippen molar-refractivity contribution in [2.75, 3.05) is 30.5 Å². The average molecular weight is 682 g/mol. The third-order valence-corrected chi connectivity index (χ3v) is 11.6. The number of nitrogens with zero attached hydrogens (tertiary/aromatic N) is 3. The minimum atomic E-state index is 0.660. The SMILES string of the molecule is CC(C)C1=CC=C(/C=C/c2cccc[n+]2CCCCCCSSCCCCCC[n+]2ccccc2/C=C/c2ccc(N(C)C)cc2)CC1. The molecule has 2 aromatic heterocycles. The van der Waals surface area contributed by atoms with E-state index in [-0.39, 0.29) is 0 Å². The van der Waals surface area contributed by atoms with E-state index in [0.717, 1.165) is 19.5 Å². The van der Waals surface area contributed by atoms with Gasteiger partial charge in [0.2, 0.25) is 11.4 Å². The van der Waals surface area contributed by atoms with Crippen LogP contribution in [-0.2, 0) is 13.1 Å². The molecule has 1 aliphatic rings. The molecule has 0 bridgehead atoms. The predicted molar refractivity (Wildman–Crippen MR) is 214 cm³/mol. The maximum Gasteiger partial charge on any atom is 0.205 e. The zero-order valence-electron chi connectivity index (χ0n) is 30.0. The van der Waals surface area contributed by atoms with Crippen molar-refractivity contribution in [1.29, 1.82) is 0 Å². The average Bonchev–Trinajstić information content (AvgIpc) is 3.11. The number of aryl methyl sites for hydroxylation is 2. The van der Waals surface area contributed by atoms with E-state index in [0.29, 0.717) is 5.92 Å². The van der Waals surface area contributed by atoms with Crippen molar-refractivity contribution in [1.82, 2.24) is 0 Å². The second kappa shape index (κ2) is 21.8. The number of aromatic nitrogens is 2. The first-order chi connectivity index (χ1) is 23.5. The van der Waals surface area contributed by atoms with Crippen LogP contribution in [0.4, 0.5) is 5.69 Å². The minimum Gasteiger partial charge on any atom is -0.378 e. The molecule has 0 saturated carbocycles. The third-order valence-electron chi connectivity index (χ3n) is 9.07. The smallest absolute Gasteiger partial charge is 0.205 e. The second-order valence-corrected chi connectivity index (χ2v) is 16.1. The fourth-order valence-electron chi connectivity index (χ4n) is 5.95. The highest BCUT2D eigenvalue weighted by atomic mass is 33.1. The quantitative estimate of drug-likeness (QED) is 0.0630. The predicted octanol–water partition coefficient (Wildman–Crippen LogP) is 11.0. The lowest BCUT2D eigenvalue weighted by Crippen LogP contribution is -2.36. The first-order valence-corrected chi connectivity index (χ1v) is 20.7. The summed E-state index contributed by atoms with van der Waals surface area (Å²) in [4.78, 5) is 2.13. The van der Waals surface area contributed by atoms with E-state index in [1.165, 1.54) is 97.5 Å². The van der Waals surface area contributed by atoms with Gasteiger partial charge in [0.05, 0.1) is 0 Å². The topological polar surface area (TPSA) is 11.0 Å². The fraction of sp³-hybridized carbons (Fsp3) is 0.442. The van der Waals surface area contributed by atoms with Gasteiger partial charge in [-0.2, -0.15) is 9.13 Å². The molecule has 0 fully saturated rings. The molecule has 3 aromatic rings. The summed E-state index contributed by atoms with van der Waals surface area (Å²) in [6, 6.07) is 21.8. The van der Waals surface area contributed by atoms with Crippen LogP contribution in [0.5, 0.6) is 0 Å². The van der Waals surface area contributed by atoms with Crippen LogP contribution < -0.4 is 14.0 Å². The Morgan fingerprint density at radius 1 is 0.625 bits per heavy atom. The summed E-state index contributed by atoms with van der Waals surface area (Å²) in [6.07, 6.45) is 30.9. The van der Waals surface area contributed by atoms with Crippen molar-refractivity contribution in [2.24, 2.45) is 5.92 Å². The number of rotatable bonds is 21. The Morgan fingerprint density at radius 2 is 1.19 bits per heavy atom. The van der Waals surface area contributed by atoms with Gasteiger partial charge in [0.1, 0.15) is 13.1 Å². The summed E-state index contributed by atoms with van der Waals surface area (Å²) in [5, 5.41) is 0.